The molecule has 2 N–H and O–H groups in total. The van der Waals surface area contributed by atoms with Crippen LogP contribution in [0.3, 0.4) is 0 Å². The average Bonchev–Trinajstić information content (AvgIpc) is 2.42. The lowest BCUT2D eigenvalue weighted by molar-refractivity contribution is -0.122. The van der Waals surface area contributed by atoms with E-state index in [0.29, 0.717) is 25.6 Å². The van der Waals surface area contributed by atoms with Gasteiger partial charge in [-0.3, -0.25) is 4.79 Å². The number of nitrogens with zero attached hydrogens (tertiary/aromatic N) is 4. The summed E-state index contributed by atoms with van der Waals surface area (Å²) < 4.78 is 0. The fourth-order valence-corrected chi connectivity index (χ4v) is 2.04. The van der Waals surface area contributed by atoms with Crippen LogP contribution in [0, 0.1) is 13.8 Å². The molecule has 7 heteroatoms. The Morgan fingerprint density at radius 2 is 2.21 bits per heavy atom. The van der Waals surface area contributed by atoms with Crippen molar-refractivity contribution in [1.29, 1.82) is 0 Å². The summed E-state index contributed by atoms with van der Waals surface area (Å²) in [6.07, 6.45) is 0. The molecule has 1 aliphatic rings. The van der Waals surface area contributed by atoms with Gasteiger partial charge in [0.25, 0.3) is 0 Å². The minimum absolute atomic E-state index is 0.00321. The first-order valence-electron chi connectivity index (χ1n) is 6.56. The predicted octanol–water partition coefficient (Wildman–Crippen LogP) is -0.597. The van der Waals surface area contributed by atoms with Crippen LogP contribution >= 0.6 is 0 Å². The molecular formula is C12H20N6O. The maximum atomic E-state index is 12.1. The molecule has 7 nitrogen and oxygen atoms in total. The maximum absolute atomic E-state index is 12.1. The number of carbonyl (C=O) groups is 1. The Morgan fingerprint density at radius 3 is 2.89 bits per heavy atom. The Balaban J connectivity index is 2.23. The van der Waals surface area contributed by atoms with E-state index in [1.807, 2.05) is 25.7 Å². The van der Waals surface area contributed by atoms with Crippen molar-refractivity contribution in [1.82, 2.24) is 25.8 Å². The van der Waals surface area contributed by atoms with Crippen molar-refractivity contribution < 1.29 is 4.79 Å². The monoisotopic (exact) mass is 264 g/mol. The molecular weight excluding hydrogens is 244 g/mol. The highest BCUT2D eigenvalue weighted by atomic mass is 16.2. The van der Waals surface area contributed by atoms with E-state index in [1.54, 1.807) is 0 Å². The van der Waals surface area contributed by atoms with Crippen molar-refractivity contribution >= 4 is 11.9 Å². The third kappa shape index (κ3) is 2.98. The zero-order valence-corrected chi connectivity index (χ0v) is 11.6. The van der Waals surface area contributed by atoms with Crippen LogP contribution in [0.5, 0.6) is 0 Å². The summed E-state index contributed by atoms with van der Waals surface area (Å²) in [6.45, 7) is 8.41. The van der Waals surface area contributed by atoms with Crippen molar-refractivity contribution in [3.8, 4) is 0 Å². The van der Waals surface area contributed by atoms with Crippen molar-refractivity contribution in [3.05, 3.63) is 11.4 Å². The van der Waals surface area contributed by atoms with Crippen LogP contribution in [0.2, 0.25) is 0 Å². The molecule has 104 valence electrons. The van der Waals surface area contributed by atoms with E-state index < -0.39 is 0 Å². The predicted molar refractivity (Wildman–Crippen MR) is 72.0 cm³/mol. The van der Waals surface area contributed by atoms with Crippen molar-refractivity contribution in [2.24, 2.45) is 0 Å². The molecule has 0 saturated carbocycles. The number of aryl methyl sites for hydroxylation is 2. The molecule has 1 fully saturated rings. The molecule has 0 radical (unpaired) electrons. The van der Waals surface area contributed by atoms with Crippen molar-refractivity contribution in [2.75, 3.05) is 31.1 Å². The number of amides is 1. The van der Waals surface area contributed by atoms with Gasteiger partial charge in [-0.1, -0.05) is 0 Å². The van der Waals surface area contributed by atoms with Gasteiger partial charge < -0.3 is 15.5 Å². The third-order valence-corrected chi connectivity index (χ3v) is 3.23. The first kappa shape index (κ1) is 13.7. The number of nitrogens with one attached hydrogen (secondary N) is 2. The number of likely N-dealkylation sites (N-methyl/N-ethyl adjacent to an activating group) is 1. The Morgan fingerprint density at radius 1 is 1.42 bits per heavy atom. The molecule has 1 unspecified atom stereocenters. The second-order valence-corrected chi connectivity index (χ2v) is 4.59. The van der Waals surface area contributed by atoms with Crippen LogP contribution in [0.15, 0.2) is 0 Å². The number of anilines is 1. The quantitative estimate of drug-likeness (QED) is 0.759. The lowest BCUT2D eigenvalue weighted by Crippen LogP contribution is -2.58. The van der Waals surface area contributed by atoms with Gasteiger partial charge in [-0.05, 0) is 20.8 Å². The minimum Gasteiger partial charge on any atom is -0.355 e. The summed E-state index contributed by atoms with van der Waals surface area (Å²) in [5.41, 5.74) is 1.66. The Labute approximate surface area is 112 Å². The smallest absolute Gasteiger partial charge is 0.246 e. The fraction of sp³-hybridized carbons (Fsp3) is 0.667. The maximum Gasteiger partial charge on any atom is 0.246 e. The highest BCUT2D eigenvalue weighted by molar-refractivity contribution is 5.85. The summed E-state index contributed by atoms with van der Waals surface area (Å²) in [5, 5.41) is 14.3. The summed E-state index contributed by atoms with van der Waals surface area (Å²) in [4.78, 5) is 18.4. The average molecular weight is 264 g/mol. The second kappa shape index (κ2) is 5.92. The van der Waals surface area contributed by atoms with Crippen LogP contribution in [-0.2, 0) is 4.79 Å². The van der Waals surface area contributed by atoms with Gasteiger partial charge in [0.1, 0.15) is 6.04 Å². The standard InChI is InChI=1S/C12H20N6O/c1-4-14-11(19)10-7-13-5-6-18(10)12-15-8(2)9(3)16-17-12/h10,13H,4-7H2,1-3H3,(H,14,19). The molecule has 0 bridgehead atoms. The molecule has 1 atom stereocenters. The Hall–Kier alpha value is -1.76. The lowest BCUT2D eigenvalue weighted by Gasteiger charge is -2.34. The Bertz CT molecular complexity index is 464. The molecule has 1 amide bonds. The molecule has 2 rings (SSSR count). The van der Waals surface area contributed by atoms with Gasteiger partial charge in [0.05, 0.1) is 11.4 Å². The van der Waals surface area contributed by atoms with Crippen molar-refractivity contribution in [3.63, 3.8) is 0 Å². The highest BCUT2D eigenvalue weighted by Gasteiger charge is 2.30. The third-order valence-electron chi connectivity index (χ3n) is 3.23. The van der Waals surface area contributed by atoms with E-state index in [4.69, 9.17) is 0 Å². The van der Waals surface area contributed by atoms with E-state index in [0.717, 1.165) is 17.9 Å². The highest BCUT2D eigenvalue weighted by Crippen LogP contribution is 2.13. The molecule has 1 aliphatic heterocycles. The minimum atomic E-state index is -0.280. The van der Waals surface area contributed by atoms with Crippen molar-refractivity contribution in [2.45, 2.75) is 26.8 Å². The lowest BCUT2D eigenvalue weighted by atomic mass is 10.2. The van der Waals surface area contributed by atoms with Crippen LogP contribution < -0.4 is 15.5 Å². The summed E-state index contributed by atoms with van der Waals surface area (Å²) in [5.74, 6) is 0.525. The van der Waals surface area contributed by atoms with Gasteiger partial charge in [0.15, 0.2) is 0 Å². The number of carbonyl (C=O) groups excluding carboxylic acids is 1. The van der Waals surface area contributed by atoms with Gasteiger partial charge >= 0.3 is 0 Å². The van der Waals surface area contributed by atoms with E-state index in [1.165, 1.54) is 0 Å². The summed E-state index contributed by atoms with van der Waals surface area (Å²) in [7, 11) is 0. The largest absolute Gasteiger partial charge is 0.355 e. The SMILES string of the molecule is CCNC(=O)C1CNCCN1c1nnc(C)c(C)n1. The molecule has 1 saturated heterocycles. The first-order valence-corrected chi connectivity index (χ1v) is 6.56. The molecule has 0 aliphatic carbocycles. The van der Waals surface area contributed by atoms with Gasteiger partial charge in [-0.25, -0.2) is 4.98 Å². The van der Waals surface area contributed by atoms with E-state index >= 15 is 0 Å². The molecule has 0 spiro atoms. The molecule has 0 aromatic carbocycles. The van der Waals surface area contributed by atoms with E-state index in [-0.39, 0.29) is 11.9 Å². The van der Waals surface area contributed by atoms with E-state index in [9.17, 15) is 4.79 Å². The molecule has 1 aromatic heterocycles. The number of piperazine rings is 1. The van der Waals surface area contributed by atoms with Gasteiger partial charge in [0, 0.05) is 26.2 Å². The van der Waals surface area contributed by atoms with Crippen LogP contribution in [0.1, 0.15) is 18.3 Å². The topological polar surface area (TPSA) is 83.0 Å². The zero-order valence-electron chi connectivity index (χ0n) is 11.6. The summed E-state index contributed by atoms with van der Waals surface area (Å²) in [6, 6.07) is -0.280. The number of rotatable bonds is 3. The van der Waals surface area contributed by atoms with Gasteiger partial charge in [-0.2, -0.15) is 5.10 Å². The zero-order chi connectivity index (χ0) is 13.8. The molecule has 2 heterocycles. The van der Waals surface area contributed by atoms with Gasteiger partial charge in [-0.15, -0.1) is 5.10 Å². The second-order valence-electron chi connectivity index (χ2n) is 4.59. The van der Waals surface area contributed by atoms with Crippen LogP contribution in [0.25, 0.3) is 0 Å². The molecule has 1 aromatic rings. The molecule has 19 heavy (non-hydrogen) atoms. The van der Waals surface area contributed by atoms with E-state index in [2.05, 4.69) is 25.8 Å². The Kier molecular flexibility index (Phi) is 4.26. The number of hydrogen-bond donors (Lipinski definition) is 2. The normalized spacial score (nSPS) is 19.3. The van der Waals surface area contributed by atoms with Crippen LogP contribution in [0.4, 0.5) is 5.95 Å². The van der Waals surface area contributed by atoms with Gasteiger partial charge in [0.2, 0.25) is 11.9 Å². The first-order chi connectivity index (χ1) is 9.13. The van der Waals surface area contributed by atoms with Crippen LogP contribution in [-0.4, -0.2) is 53.3 Å². The number of hydrogen-bond acceptors (Lipinski definition) is 6. The summed E-state index contributed by atoms with van der Waals surface area (Å²) >= 11 is 0. The fourth-order valence-electron chi connectivity index (χ4n) is 2.04. The number of aromatic nitrogens is 3.